The number of nitrogens with zero attached hydrogens (tertiary/aromatic N) is 6. The smallest absolute Gasteiger partial charge is 0.208 e. The number of halogens is 1. The van der Waals surface area contributed by atoms with Crippen LogP contribution in [0.4, 0.5) is 17.3 Å². The molecule has 12 heteroatoms. The zero-order valence-corrected chi connectivity index (χ0v) is 22.7. The number of aryl methyl sites for hydroxylation is 1. The molecule has 37 heavy (non-hydrogen) atoms. The first kappa shape index (κ1) is 25.4. The summed E-state index contributed by atoms with van der Waals surface area (Å²) in [5.41, 5.74) is 2.99. The minimum absolute atomic E-state index is 0.281. The van der Waals surface area contributed by atoms with Gasteiger partial charge in [0.2, 0.25) is 10.0 Å². The highest BCUT2D eigenvalue weighted by atomic mass is 35.5. The second-order valence-corrected chi connectivity index (χ2v) is 11.9. The molecule has 4 aromatic rings. The summed E-state index contributed by atoms with van der Waals surface area (Å²) in [6.07, 6.45) is 6.53. The van der Waals surface area contributed by atoms with Gasteiger partial charge in [-0.2, -0.15) is 5.10 Å². The summed E-state index contributed by atoms with van der Waals surface area (Å²) in [7, 11) is -1.39. The first-order valence-corrected chi connectivity index (χ1v) is 14.3. The van der Waals surface area contributed by atoms with Crippen LogP contribution in [0.15, 0.2) is 42.9 Å². The predicted octanol–water partition coefficient (Wildman–Crippen LogP) is 3.93. The maximum atomic E-state index is 11.4. The Labute approximate surface area is 221 Å². The van der Waals surface area contributed by atoms with Gasteiger partial charge in [-0.15, -0.1) is 0 Å². The lowest BCUT2D eigenvalue weighted by Crippen LogP contribution is -2.51. The van der Waals surface area contributed by atoms with Crippen LogP contribution < -0.4 is 14.9 Å². The van der Waals surface area contributed by atoms with Crippen molar-refractivity contribution in [2.24, 2.45) is 13.0 Å². The van der Waals surface area contributed by atoms with Crippen molar-refractivity contribution in [1.29, 1.82) is 0 Å². The van der Waals surface area contributed by atoms with Crippen LogP contribution in [0.25, 0.3) is 22.2 Å². The molecule has 194 valence electrons. The summed E-state index contributed by atoms with van der Waals surface area (Å²) in [5, 5.41) is 9.99. The van der Waals surface area contributed by atoms with E-state index in [9.17, 15) is 8.42 Å². The van der Waals surface area contributed by atoms with E-state index >= 15 is 0 Å². The number of fused-ring (bicyclic) bond motifs is 1. The van der Waals surface area contributed by atoms with Crippen LogP contribution in [-0.2, 0) is 17.1 Å². The lowest BCUT2D eigenvalue weighted by Gasteiger charge is -2.41. The topological polar surface area (TPSA) is 118 Å². The summed E-state index contributed by atoms with van der Waals surface area (Å²) in [6, 6.07) is 8.14. The molecule has 1 aliphatic heterocycles. The van der Waals surface area contributed by atoms with Gasteiger partial charge in [-0.05, 0) is 35.1 Å². The molecule has 1 saturated heterocycles. The third kappa shape index (κ3) is 5.53. The van der Waals surface area contributed by atoms with Crippen LogP contribution in [0, 0.1) is 5.92 Å². The Morgan fingerprint density at radius 3 is 2.59 bits per heavy atom. The molecule has 0 radical (unpaired) electrons. The first-order valence-electron chi connectivity index (χ1n) is 12.0. The van der Waals surface area contributed by atoms with Crippen molar-refractivity contribution >= 4 is 49.7 Å². The second-order valence-electron chi connectivity index (χ2n) is 9.73. The molecule has 2 N–H and O–H groups in total. The van der Waals surface area contributed by atoms with Crippen LogP contribution in [0.5, 0.6) is 0 Å². The Kier molecular flexibility index (Phi) is 6.78. The third-order valence-corrected chi connectivity index (χ3v) is 7.37. The second kappa shape index (κ2) is 9.88. The molecule has 0 bridgehead atoms. The summed E-state index contributed by atoms with van der Waals surface area (Å²) in [5.74, 6) is 2.36. The van der Waals surface area contributed by atoms with E-state index in [4.69, 9.17) is 11.6 Å². The normalized spacial score (nSPS) is 14.4. The number of benzene rings is 1. The SMILES string of the molecule is CC(C)c1ccc(N2CC(CNS(C)(=O)=O)C2)c2cnc(Nc3ccnc(-c4cn(C)nc4Cl)n3)cc12. The number of pyridine rings is 1. The van der Waals surface area contributed by atoms with Crippen molar-refractivity contribution in [2.75, 3.05) is 36.1 Å². The van der Waals surface area contributed by atoms with Crippen LogP contribution in [-0.4, -0.2) is 59.0 Å². The highest BCUT2D eigenvalue weighted by Crippen LogP contribution is 2.37. The van der Waals surface area contributed by atoms with E-state index in [0.717, 1.165) is 29.5 Å². The number of aromatic nitrogens is 5. The number of hydrogen-bond donors (Lipinski definition) is 2. The lowest BCUT2D eigenvalue weighted by atomic mass is 9.93. The van der Waals surface area contributed by atoms with Crippen molar-refractivity contribution in [3.63, 3.8) is 0 Å². The lowest BCUT2D eigenvalue weighted by molar-refractivity contribution is 0.407. The van der Waals surface area contributed by atoms with E-state index in [-0.39, 0.29) is 5.92 Å². The molecule has 1 aliphatic rings. The molecule has 0 unspecified atom stereocenters. The van der Waals surface area contributed by atoms with Gasteiger partial charge >= 0.3 is 0 Å². The summed E-state index contributed by atoms with van der Waals surface area (Å²) in [4.78, 5) is 15.9. The first-order chi connectivity index (χ1) is 17.6. The van der Waals surface area contributed by atoms with Gasteiger partial charge in [0.15, 0.2) is 11.0 Å². The Bertz CT molecular complexity index is 1560. The average Bonchev–Trinajstić information content (AvgIpc) is 3.15. The Morgan fingerprint density at radius 1 is 1.14 bits per heavy atom. The zero-order valence-electron chi connectivity index (χ0n) is 21.1. The molecule has 10 nitrogen and oxygen atoms in total. The van der Waals surface area contributed by atoms with Crippen molar-refractivity contribution in [3.8, 4) is 11.4 Å². The fraction of sp³-hybridized carbons (Fsp3) is 0.360. The molecule has 4 heterocycles. The molecule has 1 aromatic carbocycles. The largest absolute Gasteiger partial charge is 0.370 e. The van der Waals surface area contributed by atoms with Crippen LogP contribution in [0.2, 0.25) is 5.15 Å². The van der Waals surface area contributed by atoms with Crippen LogP contribution in [0.3, 0.4) is 0 Å². The predicted molar refractivity (Wildman–Crippen MR) is 147 cm³/mol. The maximum Gasteiger partial charge on any atom is 0.208 e. The molecule has 0 spiro atoms. The highest BCUT2D eigenvalue weighted by Gasteiger charge is 2.29. The molecule has 0 aliphatic carbocycles. The highest BCUT2D eigenvalue weighted by molar-refractivity contribution is 7.88. The number of rotatable bonds is 8. The molecule has 0 saturated carbocycles. The fourth-order valence-corrected chi connectivity index (χ4v) is 5.35. The van der Waals surface area contributed by atoms with Gasteiger partial charge in [0.1, 0.15) is 11.6 Å². The van der Waals surface area contributed by atoms with Crippen molar-refractivity contribution < 1.29 is 8.42 Å². The minimum atomic E-state index is -3.18. The van der Waals surface area contributed by atoms with E-state index in [1.54, 1.807) is 30.2 Å². The van der Waals surface area contributed by atoms with Gasteiger partial charge in [-0.3, -0.25) is 4.68 Å². The standard InChI is InChI=1S/C25H29ClN8O2S/c1-15(2)17-5-6-21(34-12-16(13-34)10-29-37(4,35)36)19-11-28-23(9-18(17)19)30-22-7-8-27-25(31-22)20-14-33(3)32-24(20)26/h5-9,11,14-16,29H,10,12-13H2,1-4H3,(H,27,28,30,31). The van der Waals surface area contributed by atoms with Gasteiger partial charge < -0.3 is 10.2 Å². The summed E-state index contributed by atoms with van der Waals surface area (Å²) < 4.78 is 27.1. The maximum absolute atomic E-state index is 11.4. The Morgan fingerprint density at radius 2 is 1.92 bits per heavy atom. The number of nitrogens with one attached hydrogen (secondary N) is 2. The molecular weight excluding hydrogens is 512 g/mol. The number of anilines is 3. The molecule has 1 fully saturated rings. The summed E-state index contributed by atoms with van der Waals surface area (Å²) in [6.45, 7) is 6.38. The van der Waals surface area contributed by atoms with E-state index in [1.165, 1.54) is 11.8 Å². The van der Waals surface area contributed by atoms with E-state index in [2.05, 4.69) is 67.0 Å². The van der Waals surface area contributed by atoms with Crippen molar-refractivity contribution in [1.82, 2.24) is 29.5 Å². The fourth-order valence-electron chi connectivity index (χ4n) is 4.56. The molecule has 0 amide bonds. The van der Waals surface area contributed by atoms with Crippen molar-refractivity contribution in [3.05, 3.63) is 53.6 Å². The molecule has 5 rings (SSSR count). The quantitative estimate of drug-likeness (QED) is 0.345. The van der Waals surface area contributed by atoms with E-state index in [0.29, 0.717) is 40.6 Å². The molecule has 0 atom stereocenters. The van der Waals surface area contributed by atoms with Gasteiger partial charge in [0.25, 0.3) is 0 Å². The summed E-state index contributed by atoms with van der Waals surface area (Å²) >= 11 is 6.23. The Hall–Kier alpha value is -3.28. The number of sulfonamides is 1. The van der Waals surface area contributed by atoms with E-state index in [1.807, 2.05) is 6.20 Å². The average molecular weight is 541 g/mol. The van der Waals surface area contributed by atoms with Gasteiger partial charge in [0, 0.05) is 62.3 Å². The monoisotopic (exact) mass is 540 g/mol. The number of hydrogen-bond acceptors (Lipinski definition) is 8. The molecule has 3 aromatic heterocycles. The third-order valence-electron chi connectivity index (χ3n) is 6.40. The van der Waals surface area contributed by atoms with Gasteiger partial charge in [-0.25, -0.2) is 28.1 Å². The van der Waals surface area contributed by atoms with E-state index < -0.39 is 10.0 Å². The minimum Gasteiger partial charge on any atom is -0.370 e. The van der Waals surface area contributed by atoms with Gasteiger partial charge in [-0.1, -0.05) is 31.5 Å². The van der Waals surface area contributed by atoms with Crippen molar-refractivity contribution in [2.45, 2.75) is 19.8 Å². The van der Waals surface area contributed by atoms with Crippen LogP contribution >= 0.6 is 11.6 Å². The Balaban J connectivity index is 1.41. The van der Waals surface area contributed by atoms with Gasteiger partial charge in [0.05, 0.1) is 11.8 Å². The zero-order chi connectivity index (χ0) is 26.3. The van der Waals surface area contributed by atoms with Crippen LogP contribution in [0.1, 0.15) is 25.3 Å². The molecular formula is C25H29ClN8O2S.